The first-order valence-electron chi connectivity index (χ1n) is 9.49. The molecule has 2 fully saturated rings. The lowest BCUT2D eigenvalue weighted by molar-refractivity contribution is -0.126. The van der Waals surface area contributed by atoms with Crippen molar-refractivity contribution in [3.63, 3.8) is 0 Å². The third-order valence-corrected chi connectivity index (χ3v) is 5.85. The van der Waals surface area contributed by atoms with Gasteiger partial charge in [0.25, 0.3) is 0 Å². The van der Waals surface area contributed by atoms with E-state index in [9.17, 15) is 18.8 Å². The van der Waals surface area contributed by atoms with Gasteiger partial charge >= 0.3 is 0 Å². The summed E-state index contributed by atoms with van der Waals surface area (Å²) in [5, 5.41) is 0. The van der Waals surface area contributed by atoms with Gasteiger partial charge in [-0.05, 0) is 25.1 Å². The van der Waals surface area contributed by atoms with Gasteiger partial charge in [-0.2, -0.15) is 0 Å². The topological polar surface area (TPSA) is 57.7 Å². The minimum Gasteiger partial charge on any atom is -0.302 e. The molecule has 0 bridgehead atoms. The number of anilines is 1. The van der Waals surface area contributed by atoms with Gasteiger partial charge in [0.15, 0.2) is 0 Å². The maximum atomic E-state index is 14.3. The Balaban J connectivity index is 1.71. The Morgan fingerprint density at radius 3 is 2.31 bits per heavy atom. The predicted molar refractivity (Wildman–Crippen MR) is 106 cm³/mol. The van der Waals surface area contributed by atoms with E-state index in [1.54, 1.807) is 53.4 Å². The van der Waals surface area contributed by atoms with E-state index in [0.29, 0.717) is 17.5 Å². The average molecular weight is 392 g/mol. The van der Waals surface area contributed by atoms with Crippen molar-refractivity contribution < 1.29 is 18.8 Å². The van der Waals surface area contributed by atoms with Crippen LogP contribution in [0.2, 0.25) is 0 Å². The quantitative estimate of drug-likeness (QED) is 0.446. The second-order valence-electron chi connectivity index (χ2n) is 7.52. The molecule has 0 aliphatic carbocycles. The summed E-state index contributed by atoms with van der Waals surface area (Å²) in [6.45, 7) is 5.80. The molecule has 2 aliphatic heterocycles. The van der Waals surface area contributed by atoms with Crippen LogP contribution < -0.4 is 4.90 Å². The van der Waals surface area contributed by atoms with Crippen molar-refractivity contribution in [3.8, 4) is 0 Å². The van der Waals surface area contributed by atoms with Crippen molar-refractivity contribution in [1.29, 1.82) is 0 Å². The van der Waals surface area contributed by atoms with E-state index in [1.165, 1.54) is 6.07 Å². The molecule has 4 rings (SSSR count). The molecule has 2 heterocycles. The summed E-state index contributed by atoms with van der Waals surface area (Å²) in [5.74, 6) is -2.67. The second kappa shape index (κ2) is 7.37. The summed E-state index contributed by atoms with van der Waals surface area (Å²) >= 11 is 0. The van der Waals surface area contributed by atoms with Crippen LogP contribution in [-0.4, -0.2) is 35.1 Å². The number of aryl methyl sites for hydroxylation is 1. The minimum absolute atomic E-state index is 0.118. The Bertz CT molecular complexity index is 957. The molecular weight excluding hydrogens is 371 g/mol. The van der Waals surface area contributed by atoms with E-state index < -0.39 is 29.8 Å². The van der Waals surface area contributed by atoms with Crippen LogP contribution in [0.1, 0.15) is 11.1 Å². The van der Waals surface area contributed by atoms with Crippen molar-refractivity contribution >= 4 is 23.8 Å². The zero-order chi connectivity index (χ0) is 20.7. The molecule has 0 saturated carbocycles. The fourth-order valence-corrected chi connectivity index (χ4v) is 4.55. The lowest BCUT2D eigenvalue weighted by atomic mass is 9.90. The zero-order valence-corrected chi connectivity index (χ0v) is 16.0. The fraction of sp³-hybridized carbons (Fsp3) is 0.261. The highest BCUT2D eigenvalue weighted by Crippen LogP contribution is 2.44. The molecular formula is C23H21FN2O3. The number of carbonyl (C=O) groups is 3. The summed E-state index contributed by atoms with van der Waals surface area (Å²) in [6.07, 6.45) is 2.27. The van der Waals surface area contributed by atoms with Gasteiger partial charge in [0.2, 0.25) is 11.8 Å². The molecule has 0 N–H and O–H groups in total. The highest BCUT2D eigenvalue weighted by atomic mass is 19.1. The number of benzene rings is 2. The molecule has 4 atom stereocenters. The van der Waals surface area contributed by atoms with Gasteiger partial charge in [-0.15, -0.1) is 6.58 Å². The summed E-state index contributed by atoms with van der Waals surface area (Å²) in [4.78, 5) is 41.2. The number of rotatable bonds is 5. The van der Waals surface area contributed by atoms with E-state index in [0.717, 1.165) is 10.5 Å². The minimum atomic E-state index is -0.826. The Labute approximate surface area is 168 Å². The Kier molecular flexibility index (Phi) is 4.88. The lowest BCUT2D eigenvalue weighted by Crippen LogP contribution is -2.44. The average Bonchev–Trinajstić information content (AvgIpc) is 3.17. The molecule has 2 saturated heterocycles. The normalized spacial score (nSPS) is 26.6. The van der Waals surface area contributed by atoms with Crippen LogP contribution in [0.3, 0.4) is 0 Å². The largest absolute Gasteiger partial charge is 0.302 e. The summed E-state index contributed by atoms with van der Waals surface area (Å²) in [7, 11) is 0. The Morgan fingerprint density at radius 1 is 1.03 bits per heavy atom. The highest BCUT2D eigenvalue weighted by Gasteiger charge is 2.61. The molecule has 0 radical (unpaired) electrons. The first-order chi connectivity index (χ1) is 14.0. The van der Waals surface area contributed by atoms with E-state index in [-0.39, 0.29) is 18.3 Å². The van der Waals surface area contributed by atoms with Crippen LogP contribution in [0, 0.1) is 24.6 Å². The molecule has 2 aromatic rings. The number of carbonyl (C=O) groups excluding carboxylic acids is 3. The molecule has 0 aromatic heterocycles. The molecule has 5 nitrogen and oxygen atoms in total. The molecule has 2 aromatic carbocycles. The SMILES string of the molecule is C=C[C@H]1[C@@H]2C(=O)N(c3ccccc3)C(=O)[C@@H]2[C@@H](C=O)N1Cc1cc(C)ccc1F. The second-order valence-corrected chi connectivity index (χ2v) is 7.52. The van der Waals surface area contributed by atoms with Gasteiger partial charge in [0, 0.05) is 18.2 Å². The van der Waals surface area contributed by atoms with Gasteiger partial charge in [-0.3, -0.25) is 14.5 Å². The van der Waals surface area contributed by atoms with Crippen LogP contribution in [0.5, 0.6) is 0 Å². The van der Waals surface area contributed by atoms with Gasteiger partial charge in [0.05, 0.1) is 23.6 Å². The number of fused-ring (bicyclic) bond motifs is 1. The number of likely N-dealkylation sites (tertiary alicyclic amines) is 1. The van der Waals surface area contributed by atoms with Crippen LogP contribution >= 0.6 is 0 Å². The number of hydrogen-bond acceptors (Lipinski definition) is 4. The van der Waals surface area contributed by atoms with Crippen LogP contribution in [0.15, 0.2) is 61.2 Å². The van der Waals surface area contributed by atoms with Crippen LogP contribution in [-0.2, 0) is 20.9 Å². The number of para-hydroxylation sites is 1. The molecule has 2 amide bonds. The standard InChI is InChI=1S/C23H21FN2O3/c1-3-18-20-21(23(29)26(22(20)28)16-7-5-4-6-8-16)19(13-27)25(18)12-15-11-14(2)9-10-17(15)24/h3-11,13,18-21H,1,12H2,2H3/t18-,19+,20-,21+/m0/s1. The number of amides is 2. The smallest absolute Gasteiger partial charge is 0.239 e. The van der Waals surface area contributed by atoms with E-state index in [2.05, 4.69) is 6.58 Å². The summed E-state index contributed by atoms with van der Waals surface area (Å²) < 4.78 is 14.3. The number of aldehydes is 1. The molecule has 0 unspecified atom stereocenters. The van der Waals surface area contributed by atoms with E-state index in [4.69, 9.17) is 0 Å². The highest BCUT2D eigenvalue weighted by molar-refractivity contribution is 6.23. The molecule has 0 spiro atoms. The van der Waals surface area contributed by atoms with Crippen molar-refractivity contribution in [3.05, 3.63) is 78.1 Å². The Morgan fingerprint density at radius 2 is 1.69 bits per heavy atom. The van der Waals surface area contributed by atoms with Gasteiger partial charge in [0.1, 0.15) is 12.1 Å². The monoisotopic (exact) mass is 392 g/mol. The first-order valence-corrected chi connectivity index (χ1v) is 9.49. The summed E-state index contributed by atoms with van der Waals surface area (Å²) in [6, 6.07) is 12.1. The van der Waals surface area contributed by atoms with E-state index in [1.807, 2.05) is 6.92 Å². The molecule has 2 aliphatic rings. The fourth-order valence-electron chi connectivity index (χ4n) is 4.55. The Hall–Kier alpha value is -3.12. The maximum absolute atomic E-state index is 14.3. The maximum Gasteiger partial charge on any atom is 0.239 e. The third-order valence-electron chi connectivity index (χ3n) is 5.85. The third kappa shape index (κ3) is 3.00. The lowest BCUT2D eigenvalue weighted by Gasteiger charge is -2.29. The zero-order valence-electron chi connectivity index (χ0n) is 16.0. The number of halogens is 1. The van der Waals surface area contributed by atoms with Crippen LogP contribution in [0.25, 0.3) is 0 Å². The van der Waals surface area contributed by atoms with Gasteiger partial charge < -0.3 is 4.79 Å². The van der Waals surface area contributed by atoms with Crippen molar-refractivity contribution in [2.75, 3.05) is 4.90 Å². The van der Waals surface area contributed by atoms with Crippen molar-refractivity contribution in [1.82, 2.24) is 4.90 Å². The molecule has 29 heavy (non-hydrogen) atoms. The number of hydrogen-bond donors (Lipinski definition) is 0. The summed E-state index contributed by atoms with van der Waals surface area (Å²) in [5.41, 5.74) is 1.80. The van der Waals surface area contributed by atoms with E-state index >= 15 is 0 Å². The van der Waals surface area contributed by atoms with Crippen molar-refractivity contribution in [2.24, 2.45) is 11.8 Å². The van der Waals surface area contributed by atoms with Gasteiger partial charge in [-0.1, -0.05) is 42.0 Å². The van der Waals surface area contributed by atoms with Gasteiger partial charge in [-0.25, -0.2) is 9.29 Å². The van der Waals surface area contributed by atoms with Crippen LogP contribution in [0.4, 0.5) is 10.1 Å². The predicted octanol–water partition coefficient (Wildman–Crippen LogP) is 2.88. The molecule has 148 valence electrons. The number of nitrogens with zero attached hydrogens (tertiary/aromatic N) is 2. The number of imide groups is 1. The first kappa shape index (κ1) is 19.2. The van der Waals surface area contributed by atoms with Crippen molar-refractivity contribution in [2.45, 2.75) is 25.6 Å². The molecule has 6 heteroatoms.